The van der Waals surface area contributed by atoms with Gasteiger partial charge >= 0.3 is 0 Å². The molecule has 1 fully saturated rings. The van der Waals surface area contributed by atoms with Crippen LogP contribution in [-0.2, 0) is 4.74 Å². The summed E-state index contributed by atoms with van der Waals surface area (Å²) >= 11 is 0. The van der Waals surface area contributed by atoms with E-state index in [1.165, 1.54) is 0 Å². The fraction of sp³-hybridized carbons (Fsp3) is 0.684. The zero-order valence-corrected chi connectivity index (χ0v) is 18.6. The highest BCUT2D eigenvalue weighted by Gasteiger charge is 2.34. The van der Waals surface area contributed by atoms with Crippen molar-refractivity contribution in [2.75, 3.05) is 51.3 Å². The van der Waals surface area contributed by atoms with Gasteiger partial charge in [-0.3, -0.25) is 4.99 Å². The first kappa shape index (κ1) is 23.9. The van der Waals surface area contributed by atoms with Gasteiger partial charge in [-0.2, -0.15) is 0 Å². The first-order chi connectivity index (χ1) is 12.8. The molecular weight excluding hydrogens is 457 g/mol. The van der Waals surface area contributed by atoms with E-state index in [0.717, 1.165) is 63.7 Å². The predicted octanol–water partition coefficient (Wildman–Crippen LogP) is 2.24. The number of nitrogens with one attached hydrogen (secondary N) is 3. The average Bonchev–Trinajstić information content (AvgIpc) is 3.12. The molecule has 0 spiro atoms. The molecule has 0 radical (unpaired) electrons. The first-order valence-corrected chi connectivity index (χ1v) is 9.64. The smallest absolute Gasteiger partial charge is 0.191 e. The highest BCUT2D eigenvalue weighted by molar-refractivity contribution is 14.0. The fourth-order valence-electron chi connectivity index (χ4n) is 3.02. The molecule has 2 rings (SSSR count). The van der Waals surface area contributed by atoms with Crippen molar-refractivity contribution in [2.24, 2.45) is 10.4 Å². The van der Waals surface area contributed by atoms with E-state index in [1.807, 2.05) is 18.2 Å². The SMILES string of the molecule is CCNC(=NCC1(CCO)CCOC1)NCCCCNc1ccccn1.I. The van der Waals surface area contributed by atoms with Crippen LogP contribution in [-0.4, -0.2) is 62.0 Å². The topological polar surface area (TPSA) is 90.8 Å². The maximum atomic E-state index is 9.32. The number of pyridine rings is 1. The molecule has 8 heteroatoms. The van der Waals surface area contributed by atoms with Crippen LogP contribution in [0.1, 0.15) is 32.6 Å². The van der Waals surface area contributed by atoms with E-state index in [-0.39, 0.29) is 36.0 Å². The van der Waals surface area contributed by atoms with Crippen molar-refractivity contribution in [1.82, 2.24) is 15.6 Å². The van der Waals surface area contributed by atoms with Gasteiger partial charge in [0, 0.05) is 44.5 Å². The van der Waals surface area contributed by atoms with E-state index in [0.29, 0.717) is 13.2 Å². The Bertz CT molecular complexity index is 524. The molecule has 154 valence electrons. The third-order valence-electron chi connectivity index (χ3n) is 4.61. The van der Waals surface area contributed by atoms with Gasteiger partial charge in [-0.1, -0.05) is 6.07 Å². The van der Waals surface area contributed by atoms with Crippen LogP contribution in [0.5, 0.6) is 0 Å². The van der Waals surface area contributed by atoms with Crippen molar-refractivity contribution >= 4 is 35.8 Å². The number of aromatic nitrogens is 1. The average molecular weight is 491 g/mol. The van der Waals surface area contributed by atoms with Crippen molar-refractivity contribution in [3.63, 3.8) is 0 Å². The van der Waals surface area contributed by atoms with Gasteiger partial charge in [0.25, 0.3) is 0 Å². The van der Waals surface area contributed by atoms with Crippen LogP contribution in [0, 0.1) is 5.41 Å². The van der Waals surface area contributed by atoms with Crippen molar-refractivity contribution in [1.29, 1.82) is 0 Å². The second-order valence-electron chi connectivity index (χ2n) is 6.75. The fourth-order valence-corrected chi connectivity index (χ4v) is 3.02. The molecule has 1 aliphatic rings. The van der Waals surface area contributed by atoms with Crippen molar-refractivity contribution in [2.45, 2.75) is 32.6 Å². The number of guanidine groups is 1. The molecule has 0 aromatic carbocycles. The number of ether oxygens (including phenoxy) is 1. The lowest BCUT2D eigenvalue weighted by Gasteiger charge is -2.24. The number of nitrogens with zero attached hydrogens (tertiary/aromatic N) is 2. The van der Waals surface area contributed by atoms with Crippen LogP contribution in [0.4, 0.5) is 5.82 Å². The zero-order valence-electron chi connectivity index (χ0n) is 16.2. The summed E-state index contributed by atoms with van der Waals surface area (Å²) in [7, 11) is 0. The summed E-state index contributed by atoms with van der Waals surface area (Å²) in [5.41, 5.74) is -0.0102. The number of hydrogen-bond acceptors (Lipinski definition) is 5. The molecule has 1 aliphatic heterocycles. The number of aliphatic hydroxyl groups excluding tert-OH is 1. The molecule has 27 heavy (non-hydrogen) atoms. The van der Waals surface area contributed by atoms with Crippen LogP contribution in [0.3, 0.4) is 0 Å². The third-order valence-corrected chi connectivity index (χ3v) is 4.61. The monoisotopic (exact) mass is 491 g/mol. The number of rotatable bonds is 11. The minimum Gasteiger partial charge on any atom is -0.396 e. The first-order valence-electron chi connectivity index (χ1n) is 9.64. The van der Waals surface area contributed by atoms with Crippen molar-refractivity contribution < 1.29 is 9.84 Å². The highest BCUT2D eigenvalue weighted by Crippen LogP contribution is 2.32. The maximum Gasteiger partial charge on any atom is 0.191 e. The number of aliphatic hydroxyl groups is 1. The van der Waals surface area contributed by atoms with Gasteiger partial charge in [0.1, 0.15) is 5.82 Å². The van der Waals surface area contributed by atoms with Gasteiger partial charge in [-0.25, -0.2) is 4.98 Å². The Balaban J connectivity index is 0.00000364. The summed E-state index contributed by atoms with van der Waals surface area (Å²) in [6, 6.07) is 5.87. The van der Waals surface area contributed by atoms with E-state index < -0.39 is 0 Å². The quantitative estimate of drug-likeness (QED) is 0.164. The molecule has 1 saturated heterocycles. The lowest BCUT2D eigenvalue weighted by molar-refractivity contribution is 0.131. The van der Waals surface area contributed by atoms with E-state index in [2.05, 4.69) is 27.9 Å². The minimum atomic E-state index is -0.0102. The van der Waals surface area contributed by atoms with E-state index in [9.17, 15) is 5.11 Å². The largest absolute Gasteiger partial charge is 0.396 e. The van der Waals surface area contributed by atoms with Gasteiger partial charge in [-0.15, -0.1) is 24.0 Å². The van der Waals surface area contributed by atoms with Gasteiger partial charge < -0.3 is 25.8 Å². The normalized spacial score (nSPS) is 19.4. The molecule has 0 bridgehead atoms. The van der Waals surface area contributed by atoms with Crippen LogP contribution >= 0.6 is 24.0 Å². The molecule has 4 N–H and O–H groups in total. The summed E-state index contributed by atoms with van der Waals surface area (Å²) in [6.45, 7) is 7.00. The second-order valence-corrected chi connectivity index (χ2v) is 6.75. The second kappa shape index (κ2) is 14.0. The highest BCUT2D eigenvalue weighted by atomic mass is 127. The van der Waals surface area contributed by atoms with Crippen molar-refractivity contribution in [3.05, 3.63) is 24.4 Å². The summed E-state index contributed by atoms with van der Waals surface area (Å²) in [5, 5.41) is 19.3. The predicted molar refractivity (Wildman–Crippen MR) is 121 cm³/mol. The summed E-state index contributed by atoms with van der Waals surface area (Å²) in [4.78, 5) is 8.98. The van der Waals surface area contributed by atoms with Crippen LogP contribution in [0.2, 0.25) is 0 Å². The lowest BCUT2D eigenvalue weighted by atomic mass is 9.84. The van der Waals surface area contributed by atoms with Crippen LogP contribution < -0.4 is 16.0 Å². The van der Waals surface area contributed by atoms with E-state index >= 15 is 0 Å². The van der Waals surface area contributed by atoms with Gasteiger partial charge in [-0.05, 0) is 44.7 Å². The Morgan fingerprint density at radius 1 is 1.30 bits per heavy atom. The summed E-state index contributed by atoms with van der Waals surface area (Å²) < 4.78 is 5.53. The van der Waals surface area contributed by atoms with Crippen molar-refractivity contribution in [3.8, 4) is 0 Å². The van der Waals surface area contributed by atoms with Gasteiger partial charge in [0.15, 0.2) is 5.96 Å². The standard InChI is InChI=1S/C19H33N5O2.HI/c1-2-20-18(24-15-19(8-13-25)9-14-26-16-19)23-12-6-5-11-22-17-7-3-4-10-21-17;/h3-4,7,10,25H,2,5-6,8-9,11-16H2,1H3,(H,21,22)(H2,20,23,24);1H. The Labute approximate surface area is 179 Å². The number of halogens is 1. The molecule has 1 unspecified atom stereocenters. The molecule has 2 heterocycles. The van der Waals surface area contributed by atoms with Gasteiger partial charge in [0.2, 0.25) is 0 Å². The minimum absolute atomic E-state index is 0. The Morgan fingerprint density at radius 2 is 2.15 bits per heavy atom. The van der Waals surface area contributed by atoms with Gasteiger partial charge in [0.05, 0.1) is 13.2 Å². The molecule has 0 amide bonds. The van der Waals surface area contributed by atoms with Crippen LogP contribution in [0.15, 0.2) is 29.4 Å². The molecule has 0 saturated carbocycles. The lowest BCUT2D eigenvalue weighted by Crippen LogP contribution is -2.39. The number of unbranched alkanes of at least 4 members (excludes halogenated alkanes) is 1. The Kier molecular flexibility index (Phi) is 12.4. The van der Waals surface area contributed by atoms with E-state index in [4.69, 9.17) is 9.73 Å². The summed E-state index contributed by atoms with van der Waals surface area (Å²) in [5.74, 6) is 1.76. The van der Waals surface area contributed by atoms with Crippen LogP contribution in [0.25, 0.3) is 0 Å². The molecular formula is C19H34IN5O2. The molecule has 1 aromatic rings. The number of anilines is 1. The third kappa shape index (κ3) is 9.07. The number of aliphatic imine (C=N–C) groups is 1. The summed E-state index contributed by atoms with van der Waals surface area (Å²) in [6.07, 6.45) is 5.62. The Hall–Kier alpha value is -1.13. The Morgan fingerprint density at radius 3 is 2.81 bits per heavy atom. The molecule has 1 atom stereocenters. The molecule has 0 aliphatic carbocycles. The maximum absolute atomic E-state index is 9.32. The van der Waals surface area contributed by atoms with E-state index in [1.54, 1.807) is 6.20 Å². The zero-order chi connectivity index (χ0) is 18.5. The molecule has 1 aromatic heterocycles. The molecule has 7 nitrogen and oxygen atoms in total. The number of hydrogen-bond donors (Lipinski definition) is 4.